The number of hydrogen-bond donors (Lipinski definition) is 2. The molecule has 1 unspecified atom stereocenters. The van der Waals surface area contributed by atoms with Crippen LogP contribution in [0.4, 0.5) is 18.9 Å². The van der Waals surface area contributed by atoms with Gasteiger partial charge in [-0.2, -0.15) is 18.3 Å². The third-order valence-corrected chi connectivity index (χ3v) is 6.00. The number of furan rings is 1. The van der Waals surface area contributed by atoms with Crippen LogP contribution >= 0.6 is 23.4 Å². The summed E-state index contributed by atoms with van der Waals surface area (Å²) < 4.78 is 44.2. The molecule has 1 aliphatic rings. The summed E-state index contributed by atoms with van der Waals surface area (Å²) >= 11 is 6.98. The molecule has 1 saturated heterocycles. The summed E-state index contributed by atoms with van der Waals surface area (Å²) in [6.45, 7) is 0. The van der Waals surface area contributed by atoms with E-state index < -0.39 is 28.8 Å². The maximum atomic E-state index is 12.8. The van der Waals surface area contributed by atoms with Crippen molar-refractivity contribution < 1.29 is 27.2 Å². The second-order valence-corrected chi connectivity index (χ2v) is 8.92. The smallest absolute Gasteiger partial charge is 0.416 e. The normalized spacial score (nSPS) is 17.2. The fraction of sp³-hybridized carbons (Fsp3) is 0.130. The van der Waals surface area contributed by atoms with Gasteiger partial charge >= 0.3 is 6.18 Å². The molecular weight excluding hydrogens is 505 g/mol. The number of carbonyl (C=O) groups excluding carboxylic acids is 2. The van der Waals surface area contributed by atoms with Crippen LogP contribution < -0.4 is 10.6 Å². The lowest BCUT2D eigenvalue weighted by atomic mass is 10.2. The lowest BCUT2D eigenvalue weighted by Crippen LogP contribution is -2.28. The first-order valence-corrected chi connectivity index (χ1v) is 11.3. The Bertz CT molecular complexity index is 1320. The zero-order valence-corrected chi connectivity index (χ0v) is 19.2. The molecule has 7 nitrogen and oxygen atoms in total. The van der Waals surface area contributed by atoms with E-state index >= 15 is 0 Å². The number of rotatable bonds is 6. The average Bonchev–Trinajstić information content (AvgIpc) is 3.40. The maximum Gasteiger partial charge on any atom is 0.416 e. The number of alkyl halides is 3. The molecule has 2 aromatic carbocycles. The van der Waals surface area contributed by atoms with Crippen molar-refractivity contribution in [1.82, 2.24) is 5.32 Å². The number of halogens is 4. The molecule has 0 radical (unpaired) electrons. The van der Waals surface area contributed by atoms with Crippen molar-refractivity contribution in [2.24, 2.45) is 10.2 Å². The van der Waals surface area contributed by atoms with Crippen LogP contribution in [0.1, 0.15) is 17.7 Å². The van der Waals surface area contributed by atoms with Crippen LogP contribution in [-0.4, -0.2) is 28.4 Å². The topological polar surface area (TPSA) is 96.1 Å². The highest BCUT2D eigenvalue weighted by Gasteiger charge is 2.33. The van der Waals surface area contributed by atoms with Crippen LogP contribution in [-0.2, 0) is 15.8 Å². The Morgan fingerprint density at radius 2 is 1.97 bits per heavy atom. The Morgan fingerprint density at radius 3 is 2.74 bits per heavy atom. The molecule has 2 amide bonds. The first kappa shape index (κ1) is 24.6. The first-order valence-electron chi connectivity index (χ1n) is 10.1. The van der Waals surface area contributed by atoms with Crippen molar-refractivity contribution in [3.8, 4) is 11.3 Å². The molecule has 1 aliphatic heterocycles. The summed E-state index contributed by atoms with van der Waals surface area (Å²) in [6, 6.07) is 14.9. The largest absolute Gasteiger partial charge is 0.455 e. The number of thioether (sulfide) groups is 1. The Hall–Kier alpha value is -3.57. The van der Waals surface area contributed by atoms with Crippen molar-refractivity contribution in [2.45, 2.75) is 17.8 Å². The fourth-order valence-corrected chi connectivity index (χ4v) is 4.21. The van der Waals surface area contributed by atoms with E-state index in [0.29, 0.717) is 16.5 Å². The molecule has 4 rings (SSSR count). The second kappa shape index (κ2) is 10.4. The molecule has 0 bridgehead atoms. The van der Waals surface area contributed by atoms with Crippen molar-refractivity contribution in [2.75, 3.05) is 5.32 Å². The van der Waals surface area contributed by atoms with Crippen LogP contribution in [0.25, 0.3) is 11.3 Å². The third kappa shape index (κ3) is 6.52. The number of amides is 2. The molecule has 12 heteroatoms. The summed E-state index contributed by atoms with van der Waals surface area (Å²) in [6.07, 6.45) is -3.42. The second-order valence-electron chi connectivity index (χ2n) is 7.29. The van der Waals surface area contributed by atoms with Crippen molar-refractivity contribution in [3.63, 3.8) is 0 Å². The van der Waals surface area contributed by atoms with Gasteiger partial charge in [0, 0.05) is 22.7 Å². The molecule has 1 atom stereocenters. The Labute approximate surface area is 206 Å². The minimum Gasteiger partial charge on any atom is -0.455 e. The lowest BCUT2D eigenvalue weighted by molar-refractivity contribution is -0.137. The highest BCUT2D eigenvalue weighted by atomic mass is 35.5. The Balaban J connectivity index is 1.33. The number of benzene rings is 2. The summed E-state index contributed by atoms with van der Waals surface area (Å²) in [7, 11) is 0. The first-order chi connectivity index (χ1) is 16.7. The Morgan fingerprint density at radius 1 is 1.17 bits per heavy atom. The minimum absolute atomic E-state index is 0.0117. The van der Waals surface area contributed by atoms with Crippen LogP contribution in [0.2, 0.25) is 5.02 Å². The van der Waals surface area contributed by atoms with Gasteiger partial charge in [0.2, 0.25) is 11.8 Å². The zero-order chi connectivity index (χ0) is 25.0. The van der Waals surface area contributed by atoms with Gasteiger partial charge in [0.05, 0.1) is 11.8 Å². The van der Waals surface area contributed by atoms with E-state index in [1.807, 2.05) is 6.07 Å². The summed E-state index contributed by atoms with van der Waals surface area (Å²) in [5, 5.41) is 12.7. The summed E-state index contributed by atoms with van der Waals surface area (Å²) in [4.78, 5) is 24.4. The quantitative estimate of drug-likeness (QED) is 0.328. The molecule has 2 N–H and O–H groups in total. The van der Waals surface area contributed by atoms with E-state index in [4.69, 9.17) is 16.0 Å². The molecule has 0 saturated carbocycles. The van der Waals surface area contributed by atoms with Gasteiger partial charge in [-0.05, 0) is 42.5 Å². The van der Waals surface area contributed by atoms with Crippen molar-refractivity contribution in [3.05, 3.63) is 77.0 Å². The van der Waals surface area contributed by atoms with Gasteiger partial charge in [0.15, 0.2) is 5.17 Å². The number of nitrogens with zero attached hydrogens (tertiary/aromatic N) is 2. The highest BCUT2D eigenvalue weighted by Crippen LogP contribution is 2.31. The number of nitrogens with one attached hydrogen (secondary N) is 2. The molecule has 1 aromatic heterocycles. The predicted octanol–water partition coefficient (Wildman–Crippen LogP) is 5.57. The third-order valence-electron chi connectivity index (χ3n) is 4.69. The van der Waals surface area contributed by atoms with Gasteiger partial charge in [-0.1, -0.05) is 41.6 Å². The molecule has 35 heavy (non-hydrogen) atoms. The Kier molecular flexibility index (Phi) is 7.27. The SMILES string of the molecule is O=C(CC1S/C(=N/N=C/c2ccc(-c3cccc(Cl)c3)o2)NC1=O)Nc1cccc(C(F)(F)F)c1. The minimum atomic E-state index is -4.53. The number of amidine groups is 1. The standard InChI is InChI=1S/C23H16ClF3N4O3S/c24-15-5-1-3-13(9-15)18-8-7-17(34-18)12-28-31-22-30-21(33)19(35-22)11-20(32)29-16-6-2-4-14(10-16)23(25,26)27/h1-10,12,19H,11H2,(H,29,32)(H,30,31,33)/b28-12+. The van der Waals surface area contributed by atoms with E-state index in [2.05, 4.69) is 20.8 Å². The highest BCUT2D eigenvalue weighted by molar-refractivity contribution is 8.15. The molecule has 2 heterocycles. The van der Waals surface area contributed by atoms with Gasteiger partial charge in [0.1, 0.15) is 16.8 Å². The van der Waals surface area contributed by atoms with Crippen LogP contribution in [0.5, 0.6) is 0 Å². The van der Waals surface area contributed by atoms with E-state index in [0.717, 1.165) is 29.5 Å². The van der Waals surface area contributed by atoms with Crippen molar-refractivity contribution >= 4 is 52.2 Å². The number of hydrogen-bond acceptors (Lipinski definition) is 6. The molecule has 0 spiro atoms. The maximum absolute atomic E-state index is 12.8. The van der Waals surface area contributed by atoms with Gasteiger partial charge in [-0.15, -0.1) is 5.10 Å². The molecule has 3 aromatic rings. The lowest BCUT2D eigenvalue weighted by Gasteiger charge is -2.10. The van der Waals surface area contributed by atoms with E-state index in [1.54, 1.807) is 30.3 Å². The van der Waals surface area contributed by atoms with Crippen LogP contribution in [0.3, 0.4) is 0 Å². The summed E-state index contributed by atoms with van der Waals surface area (Å²) in [5.41, 5.74) is -0.0950. The van der Waals surface area contributed by atoms with Gasteiger partial charge < -0.3 is 15.1 Å². The summed E-state index contributed by atoms with van der Waals surface area (Å²) in [5.74, 6) is -0.0390. The van der Waals surface area contributed by atoms with E-state index in [-0.39, 0.29) is 17.3 Å². The number of anilines is 1. The van der Waals surface area contributed by atoms with Gasteiger partial charge in [-0.25, -0.2) is 0 Å². The van der Waals surface area contributed by atoms with E-state index in [9.17, 15) is 22.8 Å². The number of carbonyl (C=O) groups is 2. The van der Waals surface area contributed by atoms with Gasteiger partial charge in [-0.3, -0.25) is 9.59 Å². The molecule has 180 valence electrons. The molecule has 0 aliphatic carbocycles. The fourth-order valence-electron chi connectivity index (χ4n) is 3.10. The molecule has 1 fully saturated rings. The average molecular weight is 521 g/mol. The monoisotopic (exact) mass is 520 g/mol. The van der Waals surface area contributed by atoms with E-state index in [1.165, 1.54) is 18.3 Å². The molecular formula is C23H16ClF3N4O3S. The zero-order valence-electron chi connectivity index (χ0n) is 17.7. The van der Waals surface area contributed by atoms with Crippen LogP contribution in [0, 0.1) is 0 Å². The predicted molar refractivity (Wildman–Crippen MR) is 128 cm³/mol. The van der Waals surface area contributed by atoms with Crippen LogP contribution in [0.15, 0.2) is 75.3 Å². The van der Waals surface area contributed by atoms with Crippen molar-refractivity contribution in [1.29, 1.82) is 0 Å². The van der Waals surface area contributed by atoms with Gasteiger partial charge in [0.25, 0.3) is 0 Å².